The highest BCUT2D eigenvalue weighted by molar-refractivity contribution is 5.93. The smallest absolute Gasteiger partial charge is 0.272 e. The summed E-state index contributed by atoms with van der Waals surface area (Å²) in [5.74, 6) is 1.36. The zero-order chi connectivity index (χ0) is 12.4. The van der Waals surface area contributed by atoms with E-state index in [1.807, 2.05) is 17.0 Å². The van der Waals surface area contributed by atoms with E-state index in [0.29, 0.717) is 17.7 Å². The molecule has 1 N–H and O–H groups in total. The quantitative estimate of drug-likeness (QED) is 0.849. The van der Waals surface area contributed by atoms with Crippen molar-refractivity contribution in [2.45, 2.75) is 26.3 Å². The maximum atomic E-state index is 12.3. The van der Waals surface area contributed by atoms with Crippen molar-refractivity contribution in [2.75, 3.05) is 18.9 Å². The number of likely N-dealkylation sites (tertiary alicyclic amines) is 1. The zero-order valence-corrected chi connectivity index (χ0v) is 10.6. The summed E-state index contributed by atoms with van der Waals surface area (Å²) in [5, 5.41) is 2.95. The van der Waals surface area contributed by atoms with E-state index >= 15 is 0 Å². The van der Waals surface area contributed by atoms with Crippen LogP contribution in [0.4, 0.5) is 5.82 Å². The predicted octanol–water partition coefficient (Wildman–Crippen LogP) is 1.99. The second-order valence-electron chi connectivity index (χ2n) is 4.81. The lowest BCUT2D eigenvalue weighted by Crippen LogP contribution is -2.34. The molecule has 0 spiro atoms. The molecule has 0 aliphatic carbocycles. The fourth-order valence-electron chi connectivity index (χ4n) is 2.42. The van der Waals surface area contributed by atoms with Crippen molar-refractivity contribution >= 4 is 11.7 Å². The van der Waals surface area contributed by atoms with Gasteiger partial charge >= 0.3 is 0 Å². The van der Waals surface area contributed by atoms with Gasteiger partial charge in [0, 0.05) is 19.6 Å². The summed E-state index contributed by atoms with van der Waals surface area (Å²) in [4.78, 5) is 18.5. The van der Waals surface area contributed by atoms with Crippen LogP contribution < -0.4 is 5.32 Å². The van der Waals surface area contributed by atoms with Gasteiger partial charge in [-0.1, -0.05) is 13.0 Å². The molecule has 2 heterocycles. The van der Waals surface area contributed by atoms with Crippen molar-refractivity contribution in [1.82, 2.24) is 9.88 Å². The molecule has 1 aromatic heterocycles. The van der Waals surface area contributed by atoms with Gasteiger partial charge in [-0.3, -0.25) is 4.79 Å². The monoisotopic (exact) mass is 233 g/mol. The molecule has 2 unspecified atom stereocenters. The van der Waals surface area contributed by atoms with Gasteiger partial charge in [-0.2, -0.15) is 0 Å². The van der Waals surface area contributed by atoms with Crippen molar-refractivity contribution in [2.24, 2.45) is 5.92 Å². The number of rotatable bonds is 2. The number of amides is 1. The third-order valence-corrected chi connectivity index (χ3v) is 3.27. The number of nitrogens with zero attached hydrogens (tertiary/aromatic N) is 2. The standard InChI is InChI=1S/C13H19N3O/c1-9-7-10(2)16(8-9)13(17)11-5-4-6-12(14-3)15-11/h4-6,9-10H,7-8H2,1-3H3,(H,14,15). The van der Waals surface area contributed by atoms with E-state index in [9.17, 15) is 4.79 Å². The first-order chi connectivity index (χ1) is 8.11. The van der Waals surface area contributed by atoms with E-state index < -0.39 is 0 Å². The lowest BCUT2D eigenvalue weighted by molar-refractivity contribution is 0.0738. The van der Waals surface area contributed by atoms with Gasteiger partial charge in [-0.05, 0) is 31.4 Å². The SMILES string of the molecule is CNc1cccc(C(=O)N2CC(C)CC2C)n1. The second kappa shape index (κ2) is 4.73. The summed E-state index contributed by atoms with van der Waals surface area (Å²) in [6, 6.07) is 5.81. The topological polar surface area (TPSA) is 45.2 Å². The summed E-state index contributed by atoms with van der Waals surface area (Å²) < 4.78 is 0. The normalized spacial score (nSPS) is 23.8. The molecule has 1 aromatic rings. The lowest BCUT2D eigenvalue weighted by Gasteiger charge is -2.21. The van der Waals surface area contributed by atoms with Gasteiger partial charge in [0.05, 0.1) is 0 Å². The fraction of sp³-hybridized carbons (Fsp3) is 0.538. The third kappa shape index (κ3) is 2.40. The summed E-state index contributed by atoms with van der Waals surface area (Å²) in [6.45, 7) is 5.12. The highest BCUT2D eigenvalue weighted by atomic mass is 16.2. The first-order valence-corrected chi connectivity index (χ1v) is 6.07. The minimum Gasteiger partial charge on any atom is -0.373 e. The summed E-state index contributed by atoms with van der Waals surface area (Å²) in [7, 11) is 1.80. The lowest BCUT2D eigenvalue weighted by atomic mass is 10.1. The molecule has 0 saturated carbocycles. The van der Waals surface area contributed by atoms with Gasteiger partial charge in [0.1, 0.15) is 11.5 Å². The van der Waals surface area contributed by atoms with Crippen LogP contribution in [0.2, 0.25) is 0 Å². The van der Waals surface area contributed by atoms with Gasteiger partial charge in [0.2, 0.25) is 0 Å². The molecule has 1 fully saturated rings. The van der Waals surface area contributed by atoms with Crippen molar-refractivity contribution in [3.63, 3.8) is 0 Å². The minimum absolute atomic E-state index is 0.0407. The van der Waals surface area contributed by atoms with E-state index in [1.54, 1.807) is 13.1 Å². The molecule has 2 atom stereocenters. The molecule has 0 aromatic carbocycles. The first-order valence-electron chi connectivity index (χ1n) is 6.07. The Kier molecular flexibility index (Phi) is 3.31. The van der Waals surface area contributed by atoms with Gasteiger partial charge in [0.15, 0.2) is 0 Å². The molecule has 0 bridgehead atoms. The van der Waals surface area contributed by atoms with Crippen LogP contribution in [-0.4, -0.2) is 35.4 Å². The molecule has 4 heteroatoms. The second-order valence-corrected chi connectivity index (χ2v) is 4.81. The van der Waals surface area contributed by atoms with Crippen molar-refractivity contribution in [3.8, 4) is 0 Å². The van der Waals surface area contributed by atoms with Gasteiger partial charge in [-0.15, -0.1) is 0 Å². The Hall–Kier alpha value is -1.58. The number of aromatic nitrogens is 1. The highest BCUT2D eigenvalue weighted by Crippen LogP contribution is 2.24. The maximum Gasteiger partial charge on any atom is 0.272 e. The van der Waals surface area contributed by atoms with Crippen molar-refractivity contribution in [3.05, 3.63) is 23.9 Å². The average molecular weight is 233 g/mol. The Labute approximate surface area is 102 Å². The van der Waals surface area contributed by atoms with E-state index in [1.165, 1.54) is 0 Å². The Morgan fingerprint density at radius 1 is 1.47 bits per heavy atom. The molecule has 1 amide bonds. The van der Waals surface area contributed by atoms with Crippen LogP contribution in [0.15, 0.2) is 18.2 Å². The van der Waals surface area contributed by atoms with Crippen molar-refractivity contribution in [1.29, 1.82) is 0 Å². The molecule has 1 saturated heterocycles. The molecule has 0 radical (unpaired) electrons. The highest BCUT2D eigenvalue weighted by Gasteiger charge is 2.31. The summed E-state index contributed by atoms with van der Waals surface area (Å²) in [5.41, 5.74) is 0.526. The molecule has 17 heavy (non-hydrogen) atoms. The van der Waals surface area contributed by atoms with E-state index in [-0.39, 0.29) is 5.91 Å². The number of anilines is 1. The number of nitrogens with one attached hydrogen (secondary N) is 1. The minimum atomic E-state index is 0.0407. The van der Waals surface area contributed by atoms with Gasteiger partial charge in [0.25, 0.3) is 5.91 Å². The van der Waals surface area contributed by atoms with Gasteiger partial charge < -0.3 is 10.2 Å². The van der Waals surface area contributed by atoms with Crippen LogP contribution in [0.5, 0.6) is 0 Å². The largest absolute Gasteiger partial charge is 0.373 e. The molecule has 1 aliphatic rings. The summed E-state index contributed by atoms with van der Waals surface area (Å²) in [6.07, 6.45) is 1.08. The number of carbonyl (C=O) groups excluding carboxylic acids is 1. The molecule has 1 aliphatic heterocycles. The molecule has 4 nitrogen and oxygen atoms in total. The number of carbonyl (C=O) groups is 1. The maximum absolute atomic E-state index is 12.3. The molecule has 92 valence electrons. The van der Waals surface area contributed by atoms with Crippen LogP contribution in [-0.2, 0) is 0 Å². The fourth-order valence-corrected chi connectivity index (χ4v) is 2.42. The molecular formula is C13H19N3O. The molecule has 2 rings (SSSR count). The number of hydrogen-bond acceptors (Lipinski definition) is 3. The zero-order valence-electron chi connectivity index (χ0n) is 10.6. The van der Waals surface area contributed by atoms with Crippen LogP contribution in [0, 0.1) is 5.92 Å². The van der Waals surface area contributed by atoms with Crippen LogP contribution in [0.3, 0.4) is 0 Å². The Balaban J connectivity index is 2.19. The van der Waals surface area contributed by atoms with E-state index in [2.05, 4.69) is 24.1 Å². The van der Waals surface area contributed by atoms with Crippen molar-refractivity contribution < 1.29 is 4.79 Å². The predicted molar refractivity (Wildman–Crippen MR) is 68.1 cm³/mol. The third-order valence-electron chi connectivity index (χ3n) is 3.27. The first kappa shape index (κ1) is 11.9. The van der Waals surface area contributed by atoms with Crippen LogP contribution >= 0.6 is 0 Å². The number of pyridine rings is 1. The van der Waals surface area contributed by atoms with E-state index in [0.717, 1.165) is 18.8 Å². The molecular weight excluding hydrogens is 214 g/mol. The Bertz CT molecular complexity index is 419. The van der Waals surface area contributed by atoms with Crippen LogP contribution in [0.1, 0.15) is 30.8 Å². The summed E-state index contributed by atoms with van der Waals surface area (Å²) >= 11 is 0. The van der Waals surface area contributed by atoms with Gasteiger partial charge in [-0.25, -0.2) is 4.98 Å². The average Bonchev–Trinajstić information content (AvgIpc) is 2.67. The number of hydrogen-bond donors (Lipinski definition) is 1. The van der Waals surface area contributed by atoms with E-state index in [4.69, 9.17) is 0 Å². The van der Waals surface area contributed by atoms with Crippen LogP contribution in [0.25, 0.3) is 0 Å². The Morgan fingerprint density at radius 3 is 2.82 bits per heavy atom. The Morgan fingerprint density at radius 2 is 2.24 bits per heavy atom.